The summed E-state index contributed by atoms with van der Waals surface area (Å²) >= 11 is 5.66. The Labute approximate surface area is 284 Å². The van der Waals surface area contributed by atoms with Crippen LogP contribution in [-0.2, 0) is 21.5 Å². The first-order chi connectivity index (χ1) is 22.0. The van der Waals surface area contributed by atoms with Crippen LogP contribution in [0.5, 0.6) is 5.75 Å². The van der Waals surface area contributed by atoms with Crippen LogP contribution in [0.2, 0.25) is 0 Å². The van der Waals surface area contributed by atoms with E-state index in [-0.39, 0.29) is 16.6 Å². The summed E-state index contributed by atoms with van der Waals surface area (Å²) in [5, 5.41) is 9.79. The van der Waals surface area contributed by atoms with E-state index >= 15 is 0 Å². The fraction of sp³-hybridized carbons (Fsp3) is 0.444. The smallest absolute Gasteiger partial charge is 0.339 e. The van der Waals surface area contributed by atoms with Crippen molar-refractivity contribution in [2.24, 2.45) is 4.99 Å². The number of nitrogens with one attached hydrogen (secondary N) is 3. The lowest BCUT2D eigenvalue weighted by atomic mass is 10.1. The first-order valence-electron chi connectivity index (χ1n) is 15.9. The van der Waals surface area contributed by atoms with Gasteiger partial charge in [-0.1, -0.05) is 89.4 Å². The molecular weight excluding hydrogens is 620 g/mol. The highest BCUT2D eigenvalue weighted by Crippen LogP contribution is 2.30. The lowest BCUT2D eigenvalue weighted by molar-refractivity contribution is -0.117. The third-order valence-corrected chi connectivity index (χ3v) is 7.26. The molecule has 10 heteroatoms. The van der Waals surface area contributed by atoms with Gasteiger partial charge in [-0.2, -0.15) is 8.42 Å². The van der Waals surface area contributed by atoms with Crippen molar-refractivity contribution in [3.63, 3.8) is 0 Å². The van der Waals surface area contributed by atoms with Crippen LogP contribution in [0.4, 0.5) is 11.4 Å². The van der Waals surface area contributed by atoms with Crippen LogP contribution in [-0.4, -0.2) is 33.8 Å². The monoisotopic (exact) mass is 676 g/mol. The summed E-state index contributed by atoms with van der Waals surface area (Å²) in [6.07, 6.45) is 14.3. The van der Waals surface area contributed by atoms with Gasteiger partial charge < -0.3 is 20.1 Å². The van der Waals surface area contributed by atoms with E-state index in [1.807, 2.05) is 45.9 Å². The molecule has 0 fully saturated rings. The minimum absolute atomic E-state index is 0.0749. The van der Waals surface area contributed by atoms with Gasteiger partial charge in [0.05, 0.1) is 17.7 Å². The molecule has 2 aromatic rings. The normalized spacial score (nSPS) is 11.1. The zero-order chi connectivity index (χ0) is 35.4. The third kappa shape index (κ3) is 20.6. The van der Waals surface area contributed by atoms with Gasteiger partial charge >= 0.3 is 10.1 Å². The molecule has 0 saturated carbocycles. The molecule has 0 bridgehead atoms. The van der Waals surface area contributed by atoms with Crippen LogP contribution in [0.1, 0.15) is 93.1 Å². The minimum atomic E-state index is -4.01. The van der Waals surface area contributed by atoms with E-state index in [0.717, 1.165) is 42.7 Å². The molecule has 0 heterocycles. The molecule has 3 N–H and O–H groups in total. The second-order valence-corrected chi connectivity index (χ2v) is 11.6. The molecule has 0 saturated heterocycles. The molecule has 46 heavy (non-hydrogen) atoms. The van der Waals surface area contributed by atoms with Gasteiger partial charge in [0.1, 0.15) is 10.6 Å². The van der Waals surface area contributed by atoms with Gasteiger partial charge in [0, 0.05) is 37.7 Å². The average molecular weight is 677 g/mol. The van der Waals surface area contributed by atoms with Crippen LogP contribution in [0, 0.1) is 0 Å². The first kappa shape index (κ1) is 44.7. The Hall–Kier alpha value is -3.40. The summed E-state index contributed by atoms with van der Waals surface area (Å²) in [7, 11) is -2.30. The summed E-state index contributed by atoms with van der Waals surface area (Å²) in [5.41, 5.74) is 2.09. The molecule has 0 aromatic heterocycles. The molecule has 258 valence electrons. The van der Waals surface area contributed by atoms with Crippen LogP contribution in [0.3, 0.4) is 0 Å². The number of carbonyl (C=O) groups excluding carboxylic acids is 1. The maximum absolute atomic E-state index is 12.8. The average Bonchev–Trinajstić information content (AvgIpc) is 3.02. The number of allylic oxidation sites excluding steroid dienone is 5. The third-order valence-electron chi connectivity index (χ3n) is 5.72. The molecule has 2 rings (SSSR count). The van der Waals surface area contributed by atoms with Gasteiger partial charge in [0.2, 0.25) is 5.91 Å². The van der Waals surface area contributed by atoms with E-state index in [1.54, 1.807) is 49.5 Å². The maximum Gasteiger partial charge on any atom is 0.339 e. The quantitative estimate of drug-likeness (QED) is 0.0570. The van der Waals surface area contributed by atoms with E-state index in [9.17, 15) is 13.2 Å². The highest BCUT2D eigenvalue weighted by molar-refractivity contribution is 7.87. The summed E-state index contributed by atoms with van der Waals surface area (Å²) < 4.78 is 30.9. The SMILES string of the molecule is C/C=C\C(Cl)=C/CC.C=CC.CC.CCCC(CCC)NCc1ccc(S(=O)(=O)Oc2ccc(NC)c(N=CNC(C)=O)c2)cc1. The van der Waals surface area contributed by atoms with Crippen molar-refractivity contribution >= 4 is 45.3 Å². The zero-order valence-corrected chi connectivity index (χ0v) is 30.9. The summed E-state index contributed by atoms with van der Waals surface area (Å²) in [6, 6.07) is 11.9. The number of hydrogen-bond acceptors (Lipinski definition) is 7. The minimum Gasteiger partial charge on any atom is -0.386 e. The number of aliphatic imine (C=N–C) groups is 1. The van der Waals surface area contributed by atoms with Crippen molar-refractivity contribution < 1.29 is 17.4 Å². The van der Waals surface area contributed by atoms with E-state index in [2.05, 4.69) is 48.3 Å². The maximum atomic E-state index is 12.8. The number of carbonyl (C=O) groups is 1. The van der Waals surface area contributed by atoms with Gasteiger partial charge in [0.25, 0.3) is 0 Å². The van der Waals surface area contributed by atoms with Gasteiger partial charge in [-0.3, -0.25) is 4.79 Å². The van der Waals surface area contributed by atoms with E-state index in [1.165, 1.54) is 19.3 Å². The molecule has 0 aliphatic rings. The number of benzene rings is 2. The molecular formula is C36H57ClN4O4S. The Bertz CT molecular complexity index is 1300. The van der Waals surface area contributed by atoms with Crippen LogP contribution < -0.4 is 20.1 Å². The first-order valence-corrected chi connectivity index (χ1v) is 17.7. The fourth-order valence-electron chi connectivity index (χ4n) is 3.75. The van der Waals surface area contributed by atoms with Crippen molar-refractivity contribution in [1.82, 2.24) is 10.6 Å². The standard InChI is InChI=1S/C24H34N4O4S.C7H11Cl.C3H6.C2H6/c1-5-7-20(8-6-2)26-16-19-9-12-22(13-10-19)33(30,31)32-21-11-14-23(25-4)24(15-21)28-17-27-18(3)29;1-3-5-7(8)6-4-2;1-3-2;1-2/h9-15,17,20,25-26H,5-8,16H2,1-4H3,(H,27,28,29);3,5-6H,4H2,1-2H3;3H,1H2,2H3;1-2H3/b;5-3-,7-6+;;. The fourth-order valence-corrected chi connectivity index (χ4v) is 4.96. The van der Waals surface area contributed by atoms with Gasteiger partial charge in [-0.25, -0.2) is 4.99 Å². The second kappa shape index (κ2) is 27.9. The molecule has 8 nitrogen and oxygen atoms in total. The Kier molecular flexibility index (Phi) is 27.1. The van der Waals surface area contributed by atoms with Crippen molar-refractivity contribution in [3.8, 4) is 5.75 Å². The van der Waals surface area contributed by atoms with E-state index < -0.39 is 10.1 Å². The second-order valence-electron chi connectivity index (χ2n) is 9.63. The molecule has 0 atom stereocenters. The largest absolute Gasteiger partial charge is 0.386 e. The summed E-state index contributed by atoms with van der Waals surface area (Å²) in [4.78, 5) is 15.3. The van der Waals surface area contributed by atoms with Gasteiger partial charge in [0.15, 0.2) is 0 Å². The van der Waals surface area contributed by atoms with Crippen LogP contribution in [0.25, 0.3) is 0 Å². The van der Waals surface area contributed by atoms with Crippen LogP contribution >= 0.6 is 11.6 Å². The number of rotatable bonds is 15. The van der Waals surface area contributed by atoms with Crippen molar-refractivity contribution in [1.29, 1.82) is 0 Å². The molecule has 2 aromatic carbocycles. The molecule has 1 amide bonds. The van der Waals surface area contributed by atoms with Crippen molar-refractivity contribution in [2.45, 2.75) is 105 Å². The Morgan fingerprint density at radius 3 is 2.11 bits per heavy atom. The number of nitrogens with zero attached hydrogens (tertiary/aromatic N) is 1. The molecule has 0 spiro atoms. The van der Waals surface area contributed by atoms with Crippen molar-refractivity contribution in [3.05, 3.63) is 83.9 Å². The molecule has 0 aliphatic carbocycles. The number of amides is 1. The zero-order valence-electron chi connectivity index (χ0n) is 29.3. The summed E-state index contributed by atoms with van der Waals surface area (Å²) in [6.45, 7) is 19.7. The molecule has 0 aliphatic heterocycles. The van der Waals surface area contributed by atoms with Crippen molar-refractivity contribution in [2.75, 3.05) is 12.4 Å². The lowest BCUT2D eigenvalue weighted by Gasteiger charge is -2.17. The highest BCUT2D eigenvalue weighted by atomic mass is 35.5. The molecule has 0 radical (unpaired) electrons. The summed E-state index contributed by atoms with van der Waals surface area (Å²) in [5.74, 6) is -0.138. The van der Waals surface area contributed by atoms with Crippen LogP contribution in [0.15, 0.2) is 88.3 Å². The van der Waals surface area contributed by atoms with E-state index in [4.69, 9.17) is 15.8 Å². The van der Waals surface area contributed by atoms with Gasteiger partial charge in [-0.05, 0) is 69.0 Å². The number of halogens is 1. The highest BCUT2D eigenvalue weighted by Gasteiger charge is 2.18. The molecule has 0 unspecified atom stereocenters. The lowest BCUT2D eigenvalue weighted by Crippen LogP contribution is -2.28. The number of anilines is 1. The topological polar surface area (TPSA) is 109 Å². The number of hydrogen-bond donors (Lipinski definition) is 3. The predicted octanol–water partition coefficient (Wildman–Crippen LogP) is 9.66. The predicted molar refractivity (Wildman–Crippen MR) is 199 cm³/mol. The Morgan fingerprint density at radius 1 is 1.04 bits per heavy atom. The Balaban J connectivity index is 0. The van der Waals surface area contributed by atoms with Gasteiger partial charge in [-0.15, -0.1) is 6.58 Å². The van der Waals surface area contributed by atoms with E-state index in [0.29, 0.717) is 24.0 Å². The Morgan fingerprint density at radius 2 is 1.63 bits per heavy atom.